The van der Waals surface area contributed by atoms with Gasteiger partial charge in [-0.05, 0) is 19.8 Å². The average Bonchev–Trinajstić information content (AvgIpc) is 3.27. The Bertz CT molecular complexity index is 1050. The second-order valence-electron chi connectivity index (χ2n) is 8.42. The zero-order chi connectivity index (χ0) is 24.3. The van der Waals surface area contributed by atoms with Gasteiger partial charge in [-0.25, -0.2) is 15.1 Å². The van der Waals surface area contributed by atoms with Crippen molar-refractivity contribution in [3.63, 3.8) is 0 Å². The molecule has 4 heterocycles. The maximum absolute atomic E-state index is 12.7. The van der Waals surface area contributed by atoms with E-state index in [1.165, 1.54) is 0 Å². The van der Waals surface area contributed by atoms with Gasteiger partial charge in [0.05, 0.1) is 36.1 Å². The van der Waals surface area contributed by atoms with Crippen LogP contribution in [0.4, 0.5) is 24.8 Å². The summed E-state index contributed by atoms with van der Waals surface area (Å²) in [5.74, 6) is 0.210. The molecule has 2 aromatic rings. The minimum atomic E-state index is -4.47. The van der Waals surface area contributed by atoms with Crippen LogP contribution in [-0.2, 0) is 15.7 Å². The fourth-order valence-corrected chi connectivity index (χ4v) is 4.05. The van der Waals surface area contributed by atoms with Crippen LogP contribution in [0.25, 0.3) is 0 Å². The van der Waals surface area contributed by atoms with Gasteiger partial charge in [0.1, 0.15) is 0 Å². The molecule has 1 amide bonds. The number of piperazine rings is 1. The van der Waals surface area contributed by atoms with E-state index in [0.717, 1.165) is 25.2 Å². The topological polar surface area (TPSA) is 116 Å². The van der Waals surface area contributed by atoms with E-state index >= 15 is 0 Å². The number of amides is 1. The molecule has 2 aromatic heterocycles. The van der Waals surface area contributed by atoms with Crippen LogP contribution in [0.15, 0.2) is 23.4 Å². The van der Waals surface area contributed by atoms with Crippen molar-refractivity contribution < 1.29 is 22.7 Å². The molecule has 2 saturated heterocycles. The van der Waals surface area contributed by atoms with Crippen LogP contribution < -0.4 is 15.8 Å². The van der Waals surface area contributed by atoms with E-state index in [-0.39, 0.29) is 36.0 Å². The molecule has 0 unspecified atom stereocenters. The first-order valence-electron chi connectivity index (χ1n) is 11.1. The Hall–Kier alpha value is -3.22. The number of halogens is 3. The smallest absolute Gasteiger partial charge is 0.381 e. The molecule has 4 rings (SSSR count). The Morgan fingerprint density at radius 1 is 1.15 bits per heavy atom. The van der Waals surface area contributed by atoms with Gasteiger partial charge in [-0.1, -0.05) is 0 Å². The van der Waals surface area contributed by atoms with Crippen LogP contribution in [0.3, 0.4) is 0 Å². The molecule has 34 heavy (non-hydrogen) atoms. The molecule has 0 aliphatic carbocycles. The number of anilines is 2. The summed E-state index contributed by atoms with van der Waals surface area (Å²) in [5, 5.41) is 9.35. The summed E-state index contributed by atoms with van der Waals surface area (Å²) in [6.07, 6.45) is 0.244. The number of nitrogens with zero attached hydrogens (tertiary/aromatic N) is 5. The lowest BCUT2D eigenvalue weighted by Gasteiger charge is -2.35. The largest absolute Gasteiger partial charge is 0.419 e. The van der Waals surface area contributed by atoms with Gasteiger partial charge in [0.2, 0.25) is 11.9 Å². The molecular weight excluding hydrogens is 455 g/mol. The highest BCUT2D eigenvalue weighted by Crippen LogP contribution is 2.28. The Balaban J connectivity index is 1.21. The molecule has 13 heteroatoms. The Labute approximate surface area is 193 Å². The molecule has 184 valence electrons. The first-order chi connectivity index (χ1) is 16.2. The molecular formula is C21H26F3N7O3. The van der Waals surface area contributed by atoms with Crippen molar-refractivity contribution in [1.82, 2.24) is 25.1 Å². The van der Waals surface area contributed by atoms with Crippen LogP contribution in [0, 0.1) is 6.92 Å². The number of aromatic nitrogens is 4. The van der Waals surface area contributed by atoms with E-state index in [0.29, 0.717) is 44.0 Å². The molecule has 2 aliphatic heterocycles. The molecule has 0 saturated carbocycles. The van der Waals surface area contributed by atoms with Crippen molar-refractivity contribution in [2.75, 3.05) is 42.9 Å². The number of hydrogen-bond acceptors (Lipinski definition) is 8. The van der Waals surface area contributed by atoms with Gasteiger partial charge in [0, 0.05) is 50.7 Å². The third kappa shape index (κ3) is 5.64. The molecule has 0 bridgehead atoms. The average molecular weight is 481 g/mol. The molecule has 0 radical (unpaired) electrons. The van der Waals surface area contributed by atoms with Crippen molar-refractivity contribution in [2.45, 2.75) is 44.6 Å². The molecule has 2 fully saturated rings. The predicted molar refractivity (Wildman–Crippen MR) is 116 cm³/mol. The number of carbonyl (C=O) groups is 1. The third-order valence-electron chi connectivity index (χ3n) is 6.10. The summed E-state index contributed by atoms with van der Waals surface area (Å²) < 4.78 is 44.0. The first kappa shape index (κ1) is 23.9. The lowest BCUT2D eigenvalue weighted by molar-refractivity contribution is -0.138. The SMILES string of the molecule is Cc1c(NC[C@@H]2CC[C@H](CC(=O)N3CCN(c4ncc(C(F)(F)F)cn4)CC3)O2)cn[nH]c1=O. The monoisotopic (exact) mass is 481 g/mol. The van der Waals surface area contributed by atoms with Crippen LogP contribution in [-0.4, -0.2) is 75.9 Å². The number of ether oxygens (including phenoxy) is 1. The number of nitrogens with one attached hydrogen (secondary N) is 2. The normalized spacial score (nSPS) is 21.1. The number of alkyl halides is 3. The van der Waals surface area contributed by atoms with E-state index in [2.05, 4.69) is 25.5 Å². The van der Waals surface area contributed by atoms with Crippen LogP contribution in [0.2, 0.25) is 0 Å². The fraction of sp³-hybridized carbons (Fsp3) is 0.571. The highest BCUT2D eigenvalue weighted by atomic mass is 19.4. The number of H-pyrrole nitrogens is 1. The minimum absolute atomic E-state index is 0.0127. The van der Waals surface area contributed by atoms with E-state index in [4.69, 9.17) is 4.74 Å². The van der Waals surface area contributed by atoms with Gasteiger partial charge in [0.15, 0.2) is 0 Å². The van der Waals surface area contributed by atoms with Gasteiger partial charge in [-0.3, -0.25) is 9.59 Å². The maximum atomic E-state index is 12.7. The lowest BCUT2D eigenvalue weighted by atomic mass is 10.1. The number of aromatic amines is 1. The second kappa shape index (κ2) is 9.95. The molecule has 2 aliphatic rings. The number of hydrogen-bond donors (Lipinski definition) is 2. The molecule has 2 atom stereocenters. The summed E-state index contributed by atoms with van der Waals surface area (Å²) in [6, 6.07) is 0. The highest BCUT2D eigenvalue weighted by molar-refractivity contribution is 5.77. The molecule has 2 N–H and O–H groups in total. The zero-order valence-corrected chi connectivity index (χ0v) is 18.6. The minimum Gasteiger partial charge on any atom is -0.381 e. The third-order valence-corrected chi connectivity index (χ3v) is 6.10. The fourth-order valence-electron chi connectivity index (χ4n) is 4.05. The summed E-state index contributed by atoms with van der Waals surface area (Å²) in [7, 11) is 0. The zero-order valence-electron chi connectivity index (χ0n) is 18.6. The van der Waals surface area contributed by atoms with Gasteiger partial charge in [0.25, 0.3) is 5.56 Å². The van der Waals surface area contributed by atoms with Gasteiger partial charge >= 0.3 is 6.18 Å². The van der Waals surface area contributed by atoms with Crippen molar-refractivity contribution in [1.29, 1.82) is 0 Å². The van der Waals surface area contributed by atoms with Gasteiger partial charge < -0.3 is 19.9 Å². The van der Waals surface area contributed by atoms with Crippen molar-refractivity contribution in [3.05, 3.63) is 40.1 Å². The maximum Gasteiger partial charge on any atom is 0.419 e. The summed E-state index contributed by atoms with van der Waals surface area (Å²) in [6.45, 7) is 3.99. The second-order valence-corrected chi connectivity index (χ2v) is 8.42. The number of rotatable bonds is 6. The summed E-state index contributed by atoms with van der Waals surface area (Å²) in [4.78, 5) is 35.5. The van der Waals surface area contributed by atoms with Crippen molar-refractivity contribution >= 4 is 17.5 Å². The summed E-state index contributed by atoms with van der Waals surface area (Å²) >= 11 is 0. The van der Waals surface area contributed by atoms with Crippen LogP contribution in [0.1, 0.15) is 30.4 Å². The molecule has 10 nitrogen and oxygen atoms in total. The van der Waals surface area contributed by atoms with Crippen molar-refractivity contribution in [2.24, 2.45) is 0 Å². The first-order valence-corrected chi connectivity index (χ1v) is 11.1. The Morgan fingerprint density at radius 3 is 2.50 bits per heavy atom. The molecule has 0 aromatic carbocycles. The van der Waals surface area contributed by atoms with Gasteiger partial charge in [-0.2, -0.15) is 18.3 Å². The van der Waals surface area contributed by atoms with Crippen LogP contribution >= 0.6 is 0 Å². The Kier molecular flexibility index (Phi) is 7.00. The lowest BCUT2D eigenvalue weighted by Crippen LogP contribution is -2.49. The van der Waals surface area contributed by atoms with E-state index in [1.54, 1.807) is 22.9 Å². The van der Waals surface area contributed by atoms with Gasteiger partial charge in [-0.15, -0.1) is 0 Å². The van der Waals surface area contributed by atoms with E-state index in [9.17, 15) is 22.8 Å². The highest BCUT2D eigenvalue weighted by Gasteiger charge is 2.33. The standard InChI is InChI=1S/C21H26F3N7O3/c1-13-17(12-28-29-19(13)33)25-11-16-3-2-15(34-16)8-18(32)30-4-6-31(7-5-30)20-26-9-14(10-27-20)21(22,23)24/h9-10,12,15-16H,2-8,11H2,1H3,(H2,25,29,33)/t15-,16+/m1/s1. The van der Waals surface area contributed by atoms with E-state index < -0.39 is 11.7 Å². The number of carbonyl (C=O) groups excluding carboxylic acids is 1. The predicted octanol–water partition coefficient (Wildman–Crippen LogP) is 1.59. The Morgan fingerprint density at radius 2 is 1.82 bits per heavy atom. The van der Waals surface area contributed by atoms with Crippen molar-refractivity contribution in [3.8, 4) is 0 Å². The van der Waals surface area contributed by atoms with E-state index in [1.807, 2.05) is 0 Å². The summed E-state index contributed by atoms with van der Waals surface area (Å²) in [5.41, 5.74) is 0.0764. The molecule has 0 spiro atoms. The quantitative estimate of drug-likeness (QED) is 0.639. The van der Waals surface area contributed by atoms with Crippen LogP contribution in [0.5, 0.6) is 0 Å².